The molecule has 0 amide bonds. The van der Waals surface area contributed by atoms with E-state index in [1.165, 1.54) is 0 Å². The number of sulfonamides is 1. The van der Waals surface area contributed by atoms with Crippen molar-refractivity contribution in [2.45, 2.75) is 38.2 Å². The van der Waals surface area contributed by atoms with Gasteiger partial charge in [0.1, 0.15) is 11.9 Å². The molecule has 0 aliphatic rings. The van der Waals surface area contributed by atoms with Gasteiger partial charge in [-0.2, -0.15) is 0 Å². The molecule has 0 aromatic heterocycles. The van der Waals surface area contributed by atoms with E-state index < -0.39 is 10.0 Å². The summed E-state index contributed by atoms with van der Waals surface area (Å²) >= 11 is 0. The first kappa shape index (κ1) is 17.5. The predicted octanol–water partition coefficient (Wildman–Crippen LogP) is 3.44. The van der Waals surface area contributed by atoms with Gasteiger partial charge in [-0.1, -0.05) is 42.8 Å². The molecule has 2 rings (SSSR count). The van der Waals surface area contributed by atoms with Crippen molar-refractivity contribution in [1.29, 1.82) is 0 Å². The van der Waals surface area contributed by atoms with Crippen LogP contribution in [0.4, 0.5) is 0 Å². The highest BCUT2D eigenvalue weighted by atomic mass is 32.2. The molecule has 0 aliphatic heterocycles. The van der Waals surface area contributed by atoms with Gasteiger partial charge in [0.05, 0.1) is 4.90 Å². The molecule has 5 heteroatoms. The van der Waals surface area contributed by atoms with Gasteiger partial charge in [0, 0.05) is 6.54 Å². The zero-order valence-electron chi connectivity index (χ0n) is 13.7. The molecule has 0 heterocycles. The molecule has 0 fully saturated rings. The Kier molecular flexibility index (Phi) is 5.80. The summed E-state index contributed by atoms with van der Waals surface area (Å²) in [6, 6.07) is 14.7. The van der Waals surface area contributed by atoms with Gasteiger partial charge in [-0.15, -0.1) is 0 Å². The topological polar surface area (TPSA) is 55.4 Å². The second-order valence-electron chi connectivity index (χ2n) is 5.58. The van der Waals surface area contributed by atoms with E-state index in [0.717, 1.165) is 16.9 Å². The third-order valence-corrected chi connectivity index (χ3v) is 5.21. The van der Waals surface area contributed by atoms with Crippen molar-refractivity contribution in [1.82, 2.24) is 4.72 Å². The summed E-state index contributed by atoms with van der Waals surface area (Å²) in [5.41, 5.74) is 1.79. The van der Waals surface area contributed by atoms with Gasteiger partial charge in [-0.25, -0.2) is 13.1 Å². The Morgan fingerprint density at radius 1 is 1.09 bits per heavy atom. The summed E-state index contributed by atoms with van der Waals surface area (Å²) < 4.78 is 33.4. The van der Waals surface area contributed by atoms with Gasteiger partial charge in [0.15, 0.2) is 0 Å². The maximum Gasteiger partial charge on any atom is 0.240 e. The Hall–Kier alpha value is -1.85. The zero-order chi connectivity index (χ0) is 16.9. The molecule has 0 spiro atoms. The summed E-state index contributed by atoms with van der Waals surface area (Å²) in [6.45, 7) is 5.96. The van der Waals surface area contributed by atoms with Crippen molar-refractivity contribution >= 4 is 10.0 Å². The molecule has 0 saturated carbocycles. The average Bonchev–Trinajstić information content (AvgIpc) is 2.52. The van der Waals surface area contributed by atoms with Crippen molar-refractivity contribution in [2.75, 3.05) is 6.54 Å². The molecule has 0 saturated heterocycles. The molecule has 4 nitrogen and oxygen atoms in total. The maximum absolute atomic E-state index is 12.5. The van der Waals surface area contributed by atoms with E-state index in [2.05, 4.69) is 4.72 Å². The largest absolute Gasteiger partial charge is 0.489 e. The Morgan fingerprint density at radius 2 is 1.78 bits per heavy atom. The summed E-state index contributed by atoms with van der Waals surface area (Å²) in [6.07, 6.45) is 0.502. The van der Waals surface area contributed by atoms with Crippen LogP contribution in [0.5, 0.6) is 5.75 Å². The monoisotopic (exact) mass is 333 g/mol. The van der Waals surface area contributed by atoms with E-state index >= 15 is 0 Å². The highest BCUT2D eigenvalue weighted by molar-refractivity contribution is 7.89. The van der Waals surface area contributed by atoms with Crippen LogP contribution in [-0.2, 0) is 10.0 Å². The van der Waals surface area contributed by atoms with Crippen LogP contribution in [0.3, 0.4) is 0 Å². The molecule has 0 radical (unpaired) electrons. The number of aryl methyl sites for hydroxylation is 2. The van der Waals surface area contributed by atoms with Crippen LogP contribution >= 0.6 is 0 Å². The smallest absolute Gasteiger partial charge is 0.240 e. The van der Waals surface area contributed by atoms with Crippen LogP contribution in [0.15, 0.2) is 53.4 Å². The lowest BCUT2D eigenvalue weighted by molar-refractivity contribution is 0.200. The number of hydrogen-bond acceptors (Lipinski definition) is 3. The van der Waals surface area contributed by atoms with Crippen LogP contribution in [0.2, 0.25) is 0 Å². The van der Waals surface area contributed by atoms with E-state index in [-0.39, 0.29) is 12.6 Å². The van der Waals surface area contributed by atoms with Gasteiger partial charge < -0.3 is 4.74 Å². The van der Waals surface area contributed by atoms with E-state index in [9.17, 15) is 8.42 Å². The molecule has 2 aromatic carbocycles. The highest BCUT2D eigenvalue weighted by Gasteiger charge is 2.19. The first-order valence-corrected chi connectivity index (χ1v) is 9.19. The first-order valence-electron chi connectivity index (χ1n) is 7.71. The van der Waals surface area contributed by atoms with Crippen molar-refractivity contribution < 1.29 is 13.2 Å². The highest BCUT2D eigenvalue weighted by Crippen LogP contribution is 2.17. The van der Waals surface area contributed by atoms with E-state index in [4.69, 9.17) is 4.74 Å². The molecule has 2 aromatic rings. The van der Waals surface area contributed by atoms with Crippen LogP contribution in [0, 0.1) is 13.8 Å². The lowest BCUT2D eigenvalue weighted by Crippen LogP contribution is -2.35. The number of para-hydroxylation sites is 1. The number of hydrogen-bond donors (Lipinski definition) is 1. The number of benzene rings is 2. The van der Waals surface area contributed by atoms with Crippen LogP contribution in [0.1, 0.15) is 24.5 Å². The fraction of sp³-hybridized carbons (Fsp3) is 0.333. The lowest BCUT2D eigenvalue weighted by Gasteiger charge is -2.18. The molecule has 1 unspecified atom stereocenters. The zero-order valence-corrected chi connectivity index (χ0v) is 14.6. The van der Waals surface area contributed by atoms with Crippen molar-refractivity contribution in [3.8, 4) is 5.75 Å². The minimum Gasteiger partial charge on any atom is -0.489 e. The second kappa shape index (κ2) is 7.62. The van der Waals surface area contributed by atoms with Crippen LogP contribution < -0.4 is 9.46 Å². The van der Waals surface area contributed by atoms with Crippen molar-refractivity contribution in [3.05, 3.63) is 59.7 Å². The number of rotatable bonds is 7. The quantitative estimate of drug-likeness (QED) is 0.844. The molecular formula is C18H23NO3S. The van der Waals surface area contributed by atoms with Crippen LogP contribution in [0.25, 0.3) is 0 Å². The summed E-state index contributed by atoms with van der Waals surface area (Å²) in [5.74, 6) is 0.741. The van der Waals surface area contributed by atoms with E-state index in [1.807, 2.05) is 50.2 Å². The molecule has 124 valence electrons. The molecule has 0 aliphatic carbocycles. The minimum atomic E-state index is -3.54. The SMILES string of the molecule is CCC(CNS(=O)(=O)c1ccc(C)cc1C)Oc1ccccc1. The van der Waals surface area contributed by atoms with Gasteiger partial charge in [-0.05, 0) is 44.0 Å². The minimum absolute atomic E-state index is 0.210. The standard InChI is InChI=1S/C18H23NO3S/c1-4-16(22-17-8-6-5-7-9-17)13-19-23(20,21)18-11-10-14(2)12-15(18)3/h5-12,16,19H,4,13H2,1-3H3. The molecule has 0 bridgehead atoms. The van der Waals surface area contributed by atoms with Crippen molar-refractivity contribution in [3.63, 3.8) is 0 Å². The Labute approximate surface area is 138 Å². The third-order valence-electron chi connectivity index (χ3n) is 3.62. The Morgan fingerprint density at radius 3 is 2.39 bits per heavy atom. The Bertz CT molecular complexity index is 742. The van der Waals surface area contributed by atoms with Gasteiger partial charge in [-0.3, -0.25) is 0 Å². The molecular weight excluding hydrogens is 310 g/mol. The molecule has 1 atom stereocenters. The predicted molar refractivity (Wildman–Crippen MR) is 92.3 cm³/mol. The summed E-state index contributed by atoms with van der Waals surface area (Å²) in [5, 5.41) is 0. The maximum atomic E-state index is 12.5. The van der Waals surface area contributed by atoms with Crippen LogP contribution in [-0.4, -0.2) is 21.1 Å². The average molecular weight is 333 g/mol. The first-order chi connectivity index (χ1) is 10.9. The number of ether oxygens (including phenoxy) is 1. The fourth-order valence-corrected chi connectivity index (χ4v) is 3.63. The normalized spacial score (nSPS) is 12.8. The third kappa shape index (κ3) is 4.81. The van der Waals surface area contributed by atoms with Gasteiger partial charge >= 0.3 is 0 Å². The van der Waals surface area contributed by atoms with E-state index in [1.54, 1.807) is 19.1 Å². The van der Waals surface area contributed by atoms with Gasteiger partial charge in [0.2, 0.25) is 10.0 Å². The second-order valence-corrected chi connectivity index (χ2v) is 7.32. The van der Waals surface area contributed by atoms with E-state index in [0.29, 0.717) is 11.3 Å². The molecule has 23 heavy (non-hydrogen) atoms. The summed E-state index contributed by atoms with van der Waals surface area (Å²) in [4.78, 5) is 0.317. The summed E-state index contributed by atoms with van der Waals surface area (Å²) in [7, 11) is -3.54. The molecule has 1 N–H and O–H groups in total. The lowest BCUT2D eigenvalue weighted by atomic mass is 10.2. The van der Waals surface area contributed by atoms with Crippen molar-refractivity contribution in [2.24, 2.45) is 0 Å². The Balaban J connectivity index is 2.05. The number of nitrogens with one attached hydrogen (secondary N) is 1. The van der Waals surface area contributed by atoms with Gasteiger partial charge in [0.25, 0.3) is 0 Å². The fourth-order valence-electron chi connectivity index (χ4n) is 2.34.